The number of nitrogens with one attached hydrogen (secondary N) is 1. The maximum absolute atomic E-state index is 12.8. The van der Waals surface area contributed by atoms with Gasteiger partial charge in [0.2, 0.25) is 0 Å². The summed E-state index contributed by atoms with van der Waals surface area (Å²) in [6.45, 7) is 7.86. The molecule has 2 aliphatic rings. The third kappa shape index (κ3) is 5.48. The first-order valence-corrected chi connectivity index (χ1v) is 11.1. The summed E-state index contributed by atoms with van der Waals surface area (Å²) in [5, 5.41) is 3.05. The third-order valence-corrected chi connectivity index (χ3v) is 6.11. The highest BCUT2D eigenvalue weighted by atomic mass is 16.5. The van der Waals surface area contributed by atoms with Gasteiger partial charge in [-0.3, -0.25) is 9.69 Å². The van der Waals surface area contributed by atoms with Gasteiger partial charge in [0.1, 0.15) is 18.0 Å². The van der Waals surface area contributed by atoms with Gasteiger partial charge in [0.15, 0.2) is 0 Å². The van der Waals surface area contributed by atoms with Gasteiger partial charge in [-0.1, -0.05) is 13.3 Å². The third-order valence-electron chi connectivity index (χ3n) is 6.11. The Kier molecular flexibility index (Phi) is 7.74. The molecule has 5 nitrogen and oxygen atoms in total. The lowest BCUT2D eigenvalue weighted by Gasteiger charge is -2.33. The summed E-state index contributed by atoms with van der Waals surface area (Å²) in [5.74, 6) is 0.840. The number of ether oxygens (including phenoxy) is 2. The molecule has 1 atom stereocenters. The van der Waals surface area contributed by atoms with Gasteiger partial charge in [0, 0.05) is 24.9 Å². The average molecular weight is 389 g/mol. The largest absolute Gasteiger partial charge is 0.492 e. The van der Waals surface area contributed by atoms with E-state index in [2.05, 4.69) is 24.1 Å². The van der Waals surface area contributed by atoms with E-state index in [0.717, 1.165) is 50.1 Å². The Balaban J connectivity index is 1.47. The fourth-order valence-electron chi connectivity index (χ4n) is 4.33. The second-order valence-corrected chi connectivity index (χ2v) is 8.26. The molecule has 1 saturated heterocycles. The predicted octanol–water partition coefficient (Wildman–Crippen LogP) is 4.62. The number of anilines is 1. The Morgan fingerprint density at radius 1 is 1.14 bits per heavy atom. The van der Waals surface area contributed by atoms with Crippen molar-refractivity contribution in [3.63, 3.8) is 0 Å². The van der Waals surface area contributed by atoms with Gasteiger partial charge >= 0.3 is 0 Å². The molecule has 1 saturated carbocycles. The van der Waals surface area contributed by atoms with Crippen molar-refractivity contribution in [1.82, 2.24) is 4.90 Å². The average Bonchev–Trinajstić information content (AvgIpc) is 3.19. The van der Waals surface area contributed by atoms with Gasteiger partial charge in [-0.05, 0) is 82.7 Å². The molecule has 5 heteroatoms. The molecule has 1 aromatic rings. The van der Waals surface area contributed by atoms with E-state index in [1.807, 2.05) is 24.3 Å². The van der Waals surface area contributed by atoms with Gasteiger partial charge in [-0.25, -0.2) is 0 Å². The molecule has 0 aromatic heterocycles. The zero-order chi connectivity index (χ0) is 19.8. The number of carbonyl (C=O) groups is 1. The minimum Gasteiger partial charge on any atom is -0.492 e. The fourth-order valence-corrected chi connectivity index (χ4v) is 4.33. The van der Waals surface area contributed by atoms with Crippen molar-refractivity contribution in [3.8, 4) is 5.75 Å². The summed E-state index contributed by atoms with van der Waals surface area (Å²) in [6, 6.07) is 8.36. The Morgan fingerprint density at radius 2 is 1.89 bits per heavy atom. The van der Waals surface area contributed by atoms with E-state index in [9.17, 15) is 4.79 Å². The van der Waals surface area contributed by atoms with E-state index in [4.69, 9.17) is 9.47 Å². The van der Waals surface area contributed by atoms with E-state index in [1.165, 1.54) is 25.8 Å². The summed E-state index contributed by atoms with van der Waals surface area (Å²) in [4.78, 5) is 15.3. The zero-order valence-electron chi connectivity index (χ0n) is 17.5. The highest BCUT2D eigenvalue weighted by Crippen LogP contribution is 2.34. The minimum atomic E-state index is -0.643. The molecule has 0 bridgehead atoms. The molecule has 1 aliphatic carbocycles. The minimum absolute atomic E-state index is 0.00814. The molecule has 1 aromatic carbocycles. The van der Waals surface area contributed by atoms with Gasteiger partial charge in [0.05, 0.1) is 0 Å². The number of piperidine rings is 1. The molecule has 0 spiro atoms. The Hall–Kier alpha value is -1.59. The van der Waals surface area contributed by atoms with Crippen molar-refractivity contribution in [1.29, 1.82) is 0 Å². The van der Waals surface area contributed by atoms with Gasteiger partial charge < -0.3 is 14.8 Å². The summed E-state index contributed by atoms with van der Waals surface area (Å²) < 4.78 is 11.9. The zero-order valence-corrected chi connectivity index (χ0v) is 17.5. The number of likely N-dealkylation sites (tertiary alicyclic amines) is 1. The lowest BCUT2D eigenvalue weighted by atomic mass is 10.0. The van der Waals surface area contributed by atoms with Crippen LogP contribution in [0.4, 0.5) is 5.69 Å². The first kappa shape index (κ1) is 21.1. The SMILES string of the molecule is CCCOC1(C(=O)Nc2ccc(OCCN3CCCCC3C)cc2)CCCC1. The first-order valence-electron chi connectivity index (χ1n) is 11.1. The monoisotopic (exact) mass is 388 g/mol. The fraction of sp³-hybridized carbons (Fsp3) is 0.696. The molecular formula is C23H36N2O3. The van der Waals surface area contributed by atoms with Crippen LogP contribution in [0.15, 0.2) is 24.3 Å². The van der Waals surface area contributed by atoms with Gasteiger partial charge in [-0.15, -0.1) is 0 Å². The molecule has 2 fully saturated rings. The van der Waals surface area contributed by atoms with E-state index < -0.39 is 5.60 Å². The summed E-state index contributed by atoms with van der Waals surface area (Å²) in [5.41, 5.74) is 0.157. The highest BCUT2D eigenvalue weighted by Gasteiger charge is 2.42. The molecule has 28 heavy (non-hydrogen) atoms. The summed E-state index contributed by atoms with van der Waals surface area (Å²) in [6.07, 6.45) is 8.59. The lowest BCUT2D eigenvalue weighted by molar-refractivity contribution is -0.140. The van der Waals surface area contributed by atoms with Gasteiger partial charge in [0.25, 0.3) is 5.91 Å². The van der Waals surface area contributed by atoms with E-state index in [1.54, 1.807) is 0 Å². The summed E-state index contributed by atoms with van der Waals surface area (Å²) >= 11 is 0. The Labute approximate surface area is 169 Å². The number of carbonyl (C=O) groups excluding carboxylic acids is 1. The molecule has 1 N–H and O–H groups in total. The number of rotatable bonds is 9. The molecule has 1 unspecified atom stereocenters. The molecular weight excluding hydrogens is 352 g/mol. The predicted molar refractivity (Wildman–Crippen MR) is 113 cm³/mol. The first-order chi connectivity index (χ1) is 13.6. The van der Waals surface area contributed by atoms with E-state index in [0.29, 0.717) is 19.3 Å². The smallest absolute Gasteiger partial charge is 0.256 e. The van der Waals surface area contributed by atoms with Crippen molar-refractivity contribution in [2.45, 2.75) is 76.9 Å². The van der Waals surface area contributed by atoms with E-state index in [-0.39, 0.29) is 5.91 Å². The van der Waals surface area contributed by atoms with Crippen molar-refractivity contribution in [3.05, 3.63) is 24.3 Å². The summed E-state index contributed by atoms with van der Waals surface area (Å²) in [7, 11) is 0. The standard InChI is InChI=1S/C23H36N2O3/c1-3-17-28-23(13-5-6-14-23)22(26)24-20-9-11-21(12-10-20)27-18-16-25-15-7-4-8-19(25)2/h9-12,19H,3-8,13-18H2,1-2H3,(H,24,26). The van der Waals surface area contributed by atoms with Crippen LogP contribution in [0.1, 0.15) is 65.2 Å². The van der Waals surface area contributed by atoms with Crippen LogP contribution < -0.4 is 10.1 Å². The van der Waals surface area contributed by atoms with Crippen LogP contribution in [0, 0.1) is 0 Å². The van der Waals surface area contributed by atoms with Crippen LogP contribution in [-0.4, -0.2) is 48.8 Å². The number of amides is 1. The molecule has 0 radical (unpaired) electrons. The second-order valence-electron chi connectivity index (χ2n) is 8.26. The van der Waals surface area contributed by atoms with Crippen molar-refractivity contribution in [2.24, 2.45) is 0 Å². The van der Waals surface area contributed by atoms with Crippen molar-refractivity contribution in [2.75, 3.05) is 31.6 Å². The molecule has 3 rings (SSSR count). The van der Waals surface area contributed by atoms with E-state index >= 15 is 0 Å². The van der Waals surface area contributed by atoms with Crippen LogP contribution >= 0.6 is 0 Å². The molecule has 156 valence electrons. The Bertz CT molecular complexity index is 611. The van der Waals surface area contributed by atoms with Gasteiger partial charge in [-0.2, -0.15) is 0 Å². The van der Waals surface area contributed by atoms with Crippen LogP contribution in [0.25, 0.3) is 0 Å². The Morgan fingerprint density at radius 3 is 2.57 bits per heavy atom. The number of hydrogen-bond donors (Lipinski definition) is 1. The topological polar surface area (TPSA) is 50.8 Å². The highest BCUT2D eigenvalue weighted by molar-refractivity contribution is 5.97. The maximum Gasteiger partial charge on any atom is 0.256 e. The maximum atomic E-state index is 12.8. The normalized spacial score (nSPS) is 22.1. The second kappa shape index (κ2) is 10.3. The van der Waals surface area contributed by atoms with Crippen LogP contribution in [-0.2, 0) is 9.53 Å². The van der Waals surface area contributed by atoms with Crippen LogP contribution in [0.3, 0.4) is 0 Å². The van der Waals surface area contributed by atoms with Crippen molar-refractivity contribution < 1.29 is 14.3 Å². The number of benzene rings is 1. The molecule has 1 aliphatic heterocycles. The van der Waals surface area contributed by atoms with Crippen LogP contribution in [0.5, 0.6) is 5.75 Å². The molecule has 1 heterocycles. The quantitative estimate of drug-likeness (QED) is 0.671. The lowest BCUT2D eigenvalue weighted by Crippen LogP contribution is -2.43. The van der Waals surface area contributed by atoms with Crippen LogP contribution in [0.2, 0.25) is 0 Å². The molecule has 1 amide bonds. The van der Waals surface area contributed by atoms with Crippen molar-refractivity contribution >= 4 is 11.6 Å². The number of nitrogens with zero attached hydrogens (tertiary/aromatic N) is 1. The number of hydrogen-bond acceptors (Lipinski definition) is 4.